The number of fused-ring (bicyclic) bond motifs is 1. The Morgan fingerprint density at radius 3 is 2.86 bits per heavy atom. The van der Waals surface area contributed by atoms with Crippen LogP contribution >= 0.6 is 0 Å². The second-order valence-electron chi connectivity index (χ2n) is 3.64. The first kappa shape index (κ1) is 9.06. The molecule has 0 spiro atoms. The van der Waals surface area contributed by atoms with Crippen LogP contribution in [0.5, 0.6) is 0 Å². The summed E-state index contributed by atoms with van der Waals surface area (Å²) in [6.07, 6.45) is 0.805. The van der Waals surface area contributed by atoms with E-state index >= 15 is 0 Å². The fraction of sp³-hybridized carbons (Fsp3) is 0.364. The number of benzene rings is 1. The Hall–Kier alpha value is -1.51. The summed E-state index contributed by atoms with van der Waals surface area (Å²) in [7, 11) is 0. The van der Waals surface area contributed by atoms with E-state index in [4.69, 9.17) is 0 Å². The highest BCUT2D eigenvalue weighted by molar-refractivity contribution is 6.02. The van der Waals surface area contributed by atoms with Gasteiger partial charge in [-0.1, -0.05) is 13.0 Å². The number of carbonyl (C=O) groups is 1. The van der Waals surface area contributed by atoms with Crippen molar-refractivity contribution >= 4 is 17.3 Å². The largest absolute Gasteiger partial charge is 0.372 e. The Kier molecular flexibility index (Phi) is 2.15. The molecule has 0 fully saturated rings. The summed E-state index contributed by atoms with van der Waals surface area (Å²) in [5.41, 5.74) is 3.10. The smallest absolute Gasteiger partial charge is 0.246 e. The number of hydrogen-bond donors (Lipinski definition) is 2. The summed E-state index contributed by atoms with van der Waals surface area (Å²) in [5.74, 6) is 0.0591. The van der Waals surface area contributed by atoms with Gasteiger partial charge >= 0.3 is 0 Å². The summed E-state index contributed by atoms with van der Waals surface area (Å²) in [6, 6.07) is 5.88. The van der Waals surface area contributed by atoms with Crippen LogP contribution in [0, 0.1) is 6.92 Å². The third-order valence-electron chi connectivity index (χ3n) is 2.49. The molecule has 1 atom stereocenters. The first-order valence-electron chi connectivity index (χ1n) is 4.88. The van der Waals surface area contributed by atoms with E-state index in [-0.39, 0.29) is 11.9 Å². The van der Waals surface area contributed by atoms with Crippen molar-refractivity contribution in [3.8, 4) is 0 Å². The number of carbonyl (C=O) groups excluding carboxylic acids is 1. The fourth-order valence-electron chi connectivity index (χ4n) is 1.65. The van der Waals surface area contributed by atoms with E-state index in [2.05, 4.69) is 16.7 Å². The molecule has 2 N–H and O–H groups in total. The van der Waals surface area contributed by atoms with E-state index in [0.717, 1.165) is 17.8 Å². The van der Waals surface area contributed by atoms with Crippen LogP contribution in [0.4, 0.5) is 11.4 Å². The maximum atomic E-state index is 11.5. The number of anilines is 2. The molecule has 1 aliphatic rings. The molecule has 0 saturated carbocycles. The van der Waals surface area contributed by atoms with Gasteiger partial charge in [0, 0.05) is 0 Å². The van der Waals surface area contributed by atoms with Crippen molar-refractivity contribution in [2.45, 2.75) is 26.3 Å². The monoisotopic (exact) mass is 190 g/mol. The van der Waals surface area contributed by atoms with Gasteiger partial charge in [-0.25, -0.2) is 0 Å². The van der Waals surface area contributed by atoms with Crippen LogP contribution in [0.2, 0.25) is 0 Å². The highest BCUT2D eigenvalue weighted by Crippen LogP contribution is 2.27. The SMILES string of the molecule is CC[C@@H]1Nc2cc(C)ccc2NC1=O. The predicted octanol–water partition coefficient (Wildman–Crippen LogP) is 2.14. The first-order valence-corrected chi connectivity index (χ1v) is 4.88. The summed E-state index contributed by atoms with van der Waals surface area (Å²) in [5, 5.41) is 6.11. The van der Waals surface area contributed by atoms with Crippen molar-refractivity contribution in [1.29, 1.82) is 0 Å². The average Bonchev–Trinajstić information content (AvgIpc) is 2.17. The molecule has 0 aromatic heterocycles. The molecule has 74 valence electrons. The summed E-state index contributed by atoms with van der Waals surface area (Å²) in [6.45, 7) is 4.04. The highest BCUT2D eigenvalue weighted by atomic mass is 16.2. The fourth-order valence-corrected chi connectivity index (χ4v) is 1.65. The molecule has 0 unspecified atom stereocenters. The molecule has 2 rings (SSSR count). The number of hydrogen-bond acceptors (Lipinski definition) is 2. The maximum Gasteiger partial charge on any atom is 0.246 e. The van der Waals surface area contributed by atoms with E-state index < -0.39 is 0 Å². The summed E-state index contributed by atoms with van der Waals surface area (Å²) in [4.78, 5) is 11.5. The topological polar surface area (TPSA) is 41.1 Å². The van der Waals surface area contributed by atoms with E-state index in [1.165, 1.54) is 5.56 Å². The molecule has 14 heavy (non-hydrogen) atoms. The lowest BCUT2D eigenvalue weighted by Crippen LogP contribution is -2.38. The maximum absolute atomic E-state index is 11.5. The Balaban J connectivity index is 2.36. The van der Waals surface area contributed by atoms with Crippen molar-refractivity contribution in [2.24, 2.45) is 0 Å². The molecule has 1 heterocycles. The number of aryl methyl sites for hydroxylation is 1. The Bertz CT molecular complexity index is 374. The van der Waals surface area contributed by atoms with Crippen LogP contribution in [0.1, 0.15) is 18.9 Å². The van der Waals surface area contributed by atoms with Crippen LogP contribution in [0.3, 0.4) is 0 Å². The molecule has 3 nitrogen and oxygen atoms in total. The molecule has 0 bridgehead atoms. The van der Waals surface area contributed by atoms with Gasteiger partial charge in [0.15, 0.2) is 0 Å². The van der Waals surface area contributed by atoms with E-state index in [1.807, 2.05) is 26.0 Å². The predicted molar refractivity (Wildman–Crippen MR) is 57.5 cm³/mol. The molecule has 3 heteroatoms. The molecule has 1 aliphatic heterocycles. The number of rotatable bonds is 1. The van der Waals surface area contributed by atoms with E-state index in [1.54, 1.807) is 0 Å². The van der Waals surface area contributed by atoms with Gasteiger partial charge < -0.3 is 10.6 Å². The van der Waals surface area contributed by atoms with Crippen molar-refractivity contribution in [2.75, 3.05) is 10.6 Å². The Morgan fingerprint density at radius 1 is 1.36 bits per heavy atom. The first-order chi connectivity index (χ1) is 6.70. The molecule has 1 aromatic carbocycles. The second kappa shape index (κ2) is 3.33. The zero-order valence-corrected chi connectivity index (χ0v) is 8.42. The van der Waals surface area contributed by atoms with Crippen molar-refractivity contribution in [3.63, 3.8) is 0 Å². The number of amides is 1. The van der Waals surface area contributed by atoms with Gasteiger partial charge in [0.1, 0.15) is 6.04 Å². The third kappa shape index (κ3) is 1.45. The minimum Gasteiger partial charge on any atom is -0.372 e. The van der Waals surface area contributed by atoms with Crippen LogP contribution in [-0.2, 0) is 4.79 Å². The van der Waals surface area contributed by atoms with Crippen LogP contribution in [-0.4, -0.2) is 11.9 Å². The highest BCUT2D eigenvalue weighted by Gasteiger charge is 2.23. The molecule has 1 amide bonds. The zero-order valence-electron chi connectivity index (χ0n) is 8.42. The Morgan fingerprint density at radius 2 is 2.14 bits per heavy atom. The van der Waals surface area contributed by atoms with Crippen molar-refractivity contribution in [3.05, 3.63) is 23.8 Å². The average molecular weight is 190 g/mol. The molecule has 0 saturated heterocycles. The summed E-state index contributed by atoms with van der Waals surface area (Å²) >= 11 is 0. The van der Waals surface area contributed by atoms with Crippen LogP contribution in [0.25, 0.3) is 0 Å². The van der Waals surface area contributed by atoms with Crippen molar-refractivity contribution < 1.29 is 4.79 Å². The zero-order chi connectivity index (χ0) is 10.1. The van der Waals surface area contributed by atoms with Gasteiger partial charge in [0.05, 0.1) is 11.4 Å². The Labute approximate surface area is 83.5 Å². The van der Waals surface area contributed by atoms with Gasteiger partial charge in [-0.15, -0.1) is 0 Å². The third-order valence-corrected chi connectivity index (χ3v) is 2.49. The molecular weight excluding hydrogens is 176 g/mol. The van der Waals surface area contributed by atoms with Crippen LogP contribution in [0.15, 0.2) is 18.2 Å². The lowest BCUT2D eigenvalue weighted by Gasteiger charge is -2.26. The second-order valence-corrected chi connectivity index (χ2v) is 3.64. The quantitative estimate of drug-likeness (QED) is 0.712. The van der Waals surface area contributed by atoms with Crippen LogP contribution < -0.4 is 10.6 Å². The number of nitrogens with one attached hydrogen (secondary N) is 2. The van der Waals surface area contributed by atoms with Gasteiger partial charge in [-0.3, -0.25) is 4.79 Å². The minimum atomic E-state index is -0.0932. The minimum absolute atomic E-state index is 0.0591. The molecule has 0 aliphatic carbocycles. The van der Waals surface area contributed by atoms with Gasteiger partial charge in [-0.2, -0.15) is 0 Å². The van der Waals surface area contributed by atoms with E-state index in [9.17, 15) is 4.79 Å². The van der Waals surface area contributed by atoms with Gasteiger partial charge in [0.2, 0.25) is 5.91 Å². The van der Waals surface area contributed by atoms with Gasteiger partial charge in [-0.05, 0) is 31.0 Å². The van der Waals surface area contributed by atoms with E-state index in [0.29, 0.717) is 0 Å². The standard InChI is InChI=1S/C11H14N2O/c1-3-8-11(14)13-9-5-4-7(2)6-10(9)12-8/h4-6,8,12H,3H2,1-2H3,(H,13,14)/t8-/m0/s1. The molecular formula is C11H14N2O. The molecule has 1 aromatic rings. The normalized spacial score (nSPS) is 19.6. The molecule has 0 radical (unpaired) electrons. The lowest BCUT2D eigenvalue weighted by atomic mass is 10.1. The van der Waals surface area contributed by atoms with Crippen molar-refractivity contribution in [1.82, 2.24) is 0 Å². The summed E-state index contributed by atoms with van der Waals surface area (Å²) < 4.78 is 0. The lowest BCUT2D eigenvalue weighted by molar-refractivity contribution is -0.117. The van der Waals surface area contributed by atoms with Gasteiger partial charge in [0.25, 0.3) is 0 Å².